The standard InChI is InChI=1S/C9H7N5O/c1-2-7(15-5-1)13-8-9-11-6-12-14(9)4-3-10-8/h1-6H,(H,10,13). The average Bonchev–Trinajstić information content (AvgIpc) is 2.87. The van der Waals surface area contributed by atoms with E-state index in [2.05, 4.69) is 20.4 Å². The molecule has 74 valence electrons. The van der Waals surface area contributed by atoms with Crippen molar-refractivity contribution in [2.75, 3.05) is 5.32 Å². The minimum Gasteiger partial charge on any atom is -0.449 e. The predicted octanol–water partition coefficient (Wildman–Crippen LogP) is 1.46. The Morgan fingerprint density at radius 1 is 1.33 bits per heavy atom. The van der Waals surface area contributed by atoms with Crippen molar-refractivity contribution in [1.82, 2.24) is 19.6 Å². The summed E-state index contributed by atoms with van der Waals surface area (Å²) in [6.07, 6.45) is 6.44. The van der Waals surface area contributed by atoms with Crippen LogP contribution in [0.15, 0.2) is 41.5 Å². The minimum atomic E-state index is 0.616. The number of rotatable bonds is 2. The van der Waals surface area contributed by atoms with Crippen LogP contribution in [0.3, 0.4) is 0 Å². The van der Waals surface area contributed by atoms with Gasteiger partial charge in [-0.3, -0.25) is 0 Å². The largest absolute Gasteiger partial charge is 0.449 e. The highest BCUT2D eigenvalue weighted by Crippen LogP contribution is 2.17. The Morgan fingerprint density at radius 2 is 2.33 bits per heavy atom. The van der Waals surface area contributed by atoms with E-state index in [0.717, 1.165) is 0 Å². The van der Waals surface area contributed by atoms with Crippen molar-refractivity contribution in [1.29, 1.82) is 0 Å². The van der Waals surface area contributed by atoms with E-state index in [1.807, 2.05) is 6.07 Å². The molecule has 0 aliphatic rings. The molecule has 0 atom stereocenters. The van der Waals surface area contributed by atoms with Crippen LogP contribution in [0.1, 0.15) is 0 Å². The van der Waals surface area contributed by atoms with Gasteiger partial charge < -0.3 is 9.73 Å². The number of aromatic nitrogens is 4. The van der Waals surface area contributed by atoms with Gasteiger partial charge in [0, 0.05) is 18.5 Å². The van der Waals surface area contributed by atoms with Crippen molar-refractivity contribution in [2.24, 2.45) is 0 Å². The Morgan fingerprint density at radius 3 is 3.20 bits per heavy atom. The summed E-state index contributed by atoms with van der Waals surface area (Å²) < 4.78 is 6.79. The molecule has 6 heteroatoms. The van der Waals surface area contributed by atoms with Gasteiger partial charge in [-0.2, -0.15) is 5.10 Å². The second-order valence-corrected chi connectivity index (χ2v) is 2.91. The SMILES string of the molecule is c1coc(Nc2nccn3ncnc23)c1. The maximum Gasteiger partial charge on any atom is 0.198 e. The first-order valence-electron chi connectivity index (χ1n) is 4.38. The molecule has 3 aromatic heterocycles. The maximum atomic E-state index is 5.15. The number of nitrogens with zero attached hydrogens (tertiary/aromatic N) is 4. The second-order valence-electron chi connectivity index (χ2n) is 2.91. The minimum absolute atomic E-state index is 0.616. The van der Waals surface area contributed by atoms with Crippen LogP contribution >= 0.6 is 0 Å². The van der Waals surface area contributed by atoms with E-state index in [4.69, 9.17) is 4.42 Å². The van der Waals surface area contributed by atoms with Crippen molar-refractivity contribution >= 4 is 17.3 Å². The molecule has 3 aromatic rings. The second kappa shape index (κ2) is 3.09. The lowest BCUT2D eigenvalue weighted by Crippen LogP contribution is -1.97. The van der Waals surface area contributed by atoms with Gasteiger partial charge in [0.05, 0.1) is 6.26 Å². The van der Waals surface area contributed by atoms with Gasteiger partial charge >= 0.3 is 0 Å². The van der Waals surface area contributed by atoms with Crippen molar-refractivity contribution in [3.63, 3.8) is 0 Å². The van der Waals surface area contributed by atoms with Gasteiger partial charge in [-0.05, 0) is 6.07 Å². The van der Waals surface area contributed by atoms with Crippen LogP contribution in [0, 0.1) is 0 Å². The van der Waals surface area contributed by atoms with Crippen molar-refractivity contribution in [2.45, 2.75) is 0 Å². The van der Waals surface area contributed by atoms with Crippen LogP contribution in [0.2, 0.25) is 0 Å². The fourth-order valence-corrected chi connectivity index (χ4v) is 1.31. The topological polar surface area (TPSA) is 68.2 Å². The smallest absolute Gasteiger partial charge is 0.198 e. The van der Waals surface area contributed by atoms with Gasteiger partial charge in [-0.25, -0.2) is 14.5 Å². The van der Waals surface area contributed by atoms with Crippen molar-refractivity contribution in [3.8, 4) is 0 Å². The Hall–Kier alpha value is -2.37. The van der Waals surface area contributed by atoms with E-state index < -0.39 is 0 Å². The van der Waals surface area contributed by atoms with Gasteiger partial charge in [0.25, 0.3) is 0 Å². The van der Waals surface area contributed by atoms with E-state index in [1.165, 1.54) is 6.33 Å². The number of anilines is 2. The lowest BCUT2D eigenvalue weighted by atomic mass is 10.5. The number of hydrogen-bond acceptors (Lipinski definition) is 5. The molecule has 0 spiro atoms. The fraction of sp³-hybridized carbons (Fsp3) is 0. The van der Waals surface area contributed by atoms with Gasteiger partial charge in [0.1, 0.15) is 6.33 Å². The van der Waals surface area contributed by atoms with Gasteiger partial charge in [-0.1, -0.05) is 0 Å². The van der Waals surface area contributed by atoms with E-state index in [0.29, 0.717) is 17.3 Å². The Labute approximate surface area is 84.6 Å². The molecular formula is C9H7N5O. The van der Waals surface area contributed by atoms with E-state index >= 15 is 0 Å². The summed E-state index contributed by atoms with van der Waals surface area (Å²) in [5.41, 5.74) is 0.661. The molecule has 0 aliphatic carbocycles. The normalized spacial score (nSPS) is 10.7. The zero-order valence-electron chi connectivity index (χ0n) is 7.66. The number of hydrogen-bond donors (Lipinski definition) is 1. The predicted molar refractivity (Wildman–Crippen MR) is 52.8 cm³/mol. The molecule has 0 aromatic carbocycles. The van der Waals surface area contributed by atoms with Crippen LogP contribution in [0.5, 0.6) is 0 Å². The first-order chi connectivity index (χ1) is 7.43. The van der Waals surface area contributed by atoms with Crippen LogP contribution in [0.25, 0.3) is 5.65 Å². The molecule has 0 radical (unpaired) electrons. The third-order valence-corrected chi connectivity index (χ3v) is 1.96. The average molecular weight is 201 g/mol. The molecule has 0 amide bonds. The highest BCUT2D eigenvalue weighted by Gasteiger charge is 2.05. The molecule has 0 bridgehead atoms. The van der Waals surface area contributed by atoms with Crippen molar-refractivity contribution < 1.29 is 4.42 Å². The summed E-state index contributed by atoms with van der Waals surface area (Å²) in [6.45, 7) is 0. The molecule has 0 saturated heterocycles. The van der Waals surface area contributed by atoms with E-state index in [-0.39, 0.29) is 0 Å². The molecule has 15 heavy (non-hydrogen) atoms. The van der Waals surface area contributed by atoms with Crippen LogP contribution < -0.4 is 5.32 Å². The third kappa shape index (κ3) is 1.32. The number of fused-ring (bicyclic) bond motifs is 1. The lowest BCUT2D eigenvalue weighted by Gasteiger charge is -2.01. The monoisotopic (exact) mass is 201 g/mol. The summed E-state index contributed by atoms with van der Waals surface area (Å²) in [5.74, 6) is 1.24. The zero-order valence-corrected chi connectivity index (χ0v) is 7.66. The van der Waals surface area contributed by atoms with E-state index in [1.54, 1.807) is 29.2 Å². The summed E-state index contributed by atoms with van der Waals surface area (Å²) in [7, 11) is 0. The van der Waals surface area contributed by atoms with E-state index in [9.17, 15) is 0 Å². The zero-order chi connectivity index (χ0) is 10.1. The molecule has 3 rings (SSSR count). The summed E-state index contributed by atoms with van der Waals surface area (Å²) >= 11 is 0. The highest BCUT2D eigenvalue weighted by molar-refractivity contribution is 5.66. The Bertz CT molecular complexity index is 571. The molecule has 1 N–H and O–H groups in total. The molecule has 0 fully saturated rings. The molecule has 3 heterocycles. The molecule has 6 nitrogen and oxygen atoms in total. The van der Waals surface area contributed by atoms with Crippen LogP contribution in [-0.4, -0.2) is 19.6 Å². The summed E-state index contributed by atoms with van der Waals surface area (Å²) in [4.78, 5) is 8.24. The number of furan rings is 1. The first-order valence-corrected chi connectivity index (χ1v) is 4.38. The van der Waals surface area contributed by atoms with Gasteiger partial charge in [-0.15, -0.1) is 0 Å². The Balaban J connectivity index is 2.07. The third-order valence-electron chi connectivity index (χ3n) is 1.96. The quantitative estimate of drug-likeness (QED) is 0.679. The molecule has 0 saturated carbocycles. The fourth-order valence-electron chi connectivity index (χ4n) is 1.31. The maximum absolute atomic E-state index is 5.15. The van der Waals surface area contributed by atoms with Crippen LogP contribution in [0.4, 0.5) is 11.7 Å². The summed E-state index contributed by atoms with van der Waals surface area (Å²) in [6, 6.07) is 3.60. The van der Waals surface area contributed by atoms with Gasteiger partial charge in [0.15, 0.2) is 17.3 Å². The lowest BCUT2D eigenvalue weighted by molar-refractivity contribution is 0.585. The number of nitrogens with one attached hydrogen (secondary N) is 1. The van der Waals surface area contributed by atoms with Crippen molar-refractivity contribution in [3.05, 3.63) is 37.1 Å². The first kappa shape index (κ1) is 7.98. The van der Waals surface area contributed by atoms with Crippen LogP contribution in [-0.2, 0) is 0 Å². The Kier molecular flexibility index (Phi) is 1.64. The summed E-state index contributed by atoms with van der Waals surface area (Å²) in [5, 5.41) is 7.02. The highest BCUT2D eigenvalue weighted by atomic mass is 16.3. The molecule has 0 aliphatic heterocycles. The molecule has 0 unspecified atom stereocenters. The molecular weight excluding hydrogens is 194 g/mol. The van der Waals surface area contributed by atoms with Gasteiger partial charge in [0.2, 0.25) is 0 Å².